The van der Waals surface area contributed by atoms with Gasteiger partial charge in [0.15, 0.2) is 0 Å². The van der Waals surface area contributed by atoms with E-state index < -0.39 is 0 Å². The van der Waals surface area contributed by atoms with Gasteiger partial charge in [-0.05, 0) is 45.6 Å². The number of carbonyl (C=O) groups excluding carboxylic acids is 1. The van der Waals surface area contributed by atoms with Crippen LogP contribution in [0.25, 0.3) is 0 Å². The Kier molecular flexibility index (Phi) is 5.53. The number of hydrogen-bond acceptors (Lipinski definition) is 2. The van der Waals surface area contributed by atoms with E-state index in [4.69, 9.17) is 4.74 Å². The van der Waals surface area contributed by atoms with Crippen molar-refractivity contribution in [2.75, 3.05) is 7.11 Å². The predicted octanol–water partition coefficient (Wildman–Crippen LogP) is 3.83. The summed E-state index contributed by atoms with van der Waals surface area (Å²) >= 11 is 3.47. The Balaban J connectivity index is 2.09. The summed E-state index contributed by atoms with van der Waals surface area (Å²) in [6.45, 7) is 2.99. The van der Waals surface area contributed by atoms with Crippen molar-refractivity contribution >= 4 is 21.8 Å². The second-order valence-electron chi connectivity index (χ2n) is 4.82. The van der Waals surface area contributed by atoms with Crippen LogP contribution in [0.15, 0.2) is 46.9 Å². The highest BCUT2D eigenvalue weighted by Crippen LogP contribution is 2.21. The molecule has 2 aromatic rings. The normalized spacial score (nSPS) is 10.4. The van der Waals surface area contributed by atoms with E-state index in [1.165, 1.54) is 0 Å². The van der Waals surface area contributed by atoms with E-state index in [1.54, 1.807) is 7.11 Å². The van der Waals surface area contributed by atoms with E-state index in [2.05, 4.69) is 21.2 Å². The molecule has 0 atom stereocenters. The van der Waals surface area contributed by atoms with Gasteiger partial charge in [-0.1, -0.05) is 36.4 Å². The monoisotopic (exact) mass is 347 g/mol. The third-order valence-electron chi connectivity index (χ3n) is 3.29. The SMILES string of the molecule is COCc1ccccc1CNC(=O)c1cccc(C)c1Br. The average Bonchev–Trinajstić information content (AvgIpc) is 2.49. The summed E-state index contributed by atoms with van der Waals surface area (Å²) in [7, 11) is 1.67. The number of halogens is 1. The molecule has 0 aliphatic heterocycles. The Morgan fingerprint density at radius 1 is 1.14 bits per heavy atom. The largest absolute Gasteiger partial charge is 0.380 e. The highest BCUT2D eigenvalue weighted by Gasteiger charge is 2.11. The number of amides is 1. The van der Waals surface area contributed by atoms with Gasteiger partial charge in [-0.2, -0.15) is 0 Å². The van der Waals surface area contributed by atoms with Crippen LogP contribution < -0.4 is 5.32 Å². The molecular formula is C17H18BrNO2. The molecule has 0 aromatic heterocycles. The zero-order valence-corrected chi connectivity index (χ0v) is 13.7. The van der Waals surface area contributed by atoms with Gasteiger partial charge < -0.3 is 10.1 Å². The van der Waals surface area contributed by atoms with Crippen LogP contribution in [-0.2, 0) is 17.9 Å². The summed E-state index contributed by atoms with van der Waals surface area (Å²) in [6.07, 6.45) is 0. The van der Waals surface area contributed by atoms with Crippen molar-refractivity contribution in [3.05, 3.63) is 69.2 Å². The quantitative estimate of drug-likeness (QED) is 0.892. The first kappa shape index (κ1) is 15.7. The van der Waals surface area contributed by atoms with Crippen molar-refractivity contribution in [1.29, 1.82) is 0 Å². The maximum atomic E-state index is 12.3. The maximum Gasteiger partial charge on any atom is 0.252 e. The van der Waals surface area contributed by atoms with E-state index in [0.29, 0.717) is 18.7 Å². The first-order valence-corrected chi connectivity index (χ1v) is 7.52. The second-order valence-corrected chi connectivity index (χ2v) is 5.61. The summed E-state index contributed by atoms with van der Waals surface area (Å²) in [6, 6.07) is 13.6. The van der Waals surface area contributed by atoms with Crippen LogP contribution in [0.5, 0.6) is 0 Å². The van der Waals surface area contributed by atoms with Crippen LogP contribution >= 0.6 is 15.9 Å². The van der Waals surface area contributed by atoms with Crippen molar-refractivity contribution in [2.45, 2.75) is 20.1 Å². The van der Waals surface area contributed by atoms with E-state index in [0.717, 1.165) is 21.2 Å². The van der Waals surface area contributed by atoms with Gasteiger partial charge in [0.2, 0.25) is 0 Å². The molecule has 1 N–H and O–H groups in total. The Morgan fingerprint density at radius 2 is 1.86 bits per heavy atom. The van der Waals surface area contributed by atoms with Crippen LogP contribution in [0.1, 0.15) is 27.0 Å². The molecule has 3 nitrogen and oxygen atoms in total. The standard InChI is InChI=1S/C17H18BrNO2/c1-12-6-5-9-15(16(12)18)17(20)19-10-13-7-3-4-8-14(13)11-21-2/h3-9H,10-11H2,1-2H3,(H,19,20). The van der Waals surface area contributed by atoms with Gasteiger partial charge in [0.1, 0.15) is 0 Å². The lowest BCUT2D eigenvalue weighted by atomic mass is 10.1. The molecular weight excluding hydrogens is 330 g/mol. The average molecular weight is 348 g/mol. The highest BCUT2D eigenvalue weighted by molar-refractivity contribution is 9.10. The molecule has 0 unspecified atom stereocenters. The molecule has 0 bridgehead atoms. The number of methoxy groups -OCH3 is 1. The molecule has 0 aliphatic carbocycles. The summed E-state index contributed by atoms with van der Waals surface area (Å²) < 4.78 is 6.02. The van der Waals surface area contributed by atoms with Crippen molar-refractivity contribution in [3.8, 4) is 0 Å². The Bertz CT molecular complexity index is 640. The third-order valence-corrected chi connectivity index (χ3v) is 4.35. The first-order chi connectivity index (χ1) is 10.1. The molecule has 0 radical (unpaired) electrons. The first-order valence-electron chi connectivity index (χ1n) is 6.72. The molecule has 0 fully saturated rings. The van der Waals surface area contributed by atoms with Crippen LogP contribution in [0, 0.1) is 6.92 Å². The number of benzene rings is 2. The topological polar surface area (TPSA) is 38.3 Å². The van der Waals surface area contributed by atoms with E-state index in [9.17, 15) is 4.79 Å². The number of aryl methyl sites for hydroxylation is 1. The molecule has 1 amide bonds. The molecule has 0 aliphatic rings. The van der Waals surface area contributed by atoms with Gasteiger partial charge >= 0.3 is 0 Å². The lowest BCUT2D eigenvalue weighted by Gasteiger charge is -2.11. The summed E-state index contributed by atoms with van der Waals surface area (Å²) in [5.41, 5.74) is 3.85. The number of ether oxygens (including phenoxy) is 1. The van der Waals surface area contributed by atoms with E-state index in [-0.39, 0.29) is 5.91 Å². The van der Waals surface area contributed by atoms with Crippen LogP contribution in [-0.4, -0.2) is 13.0 Å². The smallest absolute Gasteiger partial charge is 0.252 e. The Hall–Kier alpha value is -1.65. The minimum absolute atomic E-state index is 0.0854. The molecule has 2 rings (SSSR count). The van der Waals surface area contributed by atoms with Gasteiger partial charge in [-0.25, -0.2) is 0 Å². The maximum absolute atomic E-state index is 12.3. The Labute approximate surface area is 133 Å². The van der Waals surface area contributed by atoms with Gasteiger partial charge in [0.05, 0.1) is 12.2 Å². The minimum Gasteiger partial charge on any atom is -0.380 e. The van der Waals surface area contributed by atoms with E-state index >= 15 is 0 Å². The third kappa shape index (κ3) is 3.93. The van der Waals surface area contributed by atoms with Crippen molar-refractivity contribution in [1.82, 2.24) is 5.32 Å². The van der Waals surface area contributed by atoms with Gasteiger partial charge in [0, 0.05) is 18.1 Å². The molecule has 2 aromatic carbocycles. The van der Waals surface area contributed by atoms with Crippen LogP contribution in [0.2, 0.25) is 0 Å². The fourth-order valence-electron chi connectivity index (χ4n) is 2.12. The highest BCUT2D eigenvalue weighted by atomic mass is 79.9. The zero-order valence-electron chi connectivity index (χ0n) is 12.2. The fraction of sp³-hybridized carbons (Fsp3) is 0.235. The second kappa shape index (κ2) is 7.38. The van der Waals surface area contributed by atoms with Crippen molar-refractivity contribution in [3.63, 3.8) is 0 Å². The molecule has 0 spiro atoms. The summed E-state index contributed by atoms with van der Waals surface area (Å²) in [5, 5.41) is 2.96. The molecule has 0 saturated carbocycles. The molecule has 0 heterocycles. The van der Waals surface area contributed by atoms with Crippen molar-refractivity contribution < 1.29 is 9.53 Å². The zero-order chi connectivity index (χ0) is 15.2. The van der Waals surface area contributed by atoms with Crippen molar-refractivity contribution in [2.24, 2.45) is 0 Å². The van der Waals surface area contributed by atoms with Gasteiger partial charge in [-0.3, -0.25) is 4.79 Å². The summed E-state index contributed by atoms with van der Waals surface area (Å²) in [5.74, 6) is -0.0854. The molecule has 110 valence electrons. The van der Waals surface area contributed by atoms with Crippen LogP contribution in [0.3, 0.4) is 0 Å². The lowest BCUT2D eigenvalue weighted by Crippen LogP contribution is -2.24. The molecule has 0 saturated heterocycles. The predicted molar refractivity (Wildman–Crippen MR) is 87.2 cm³/mol. The number of nitrogens with one attached hydrogen (secondary N) is 1. The number of rotatable bonds is 5. The molecule has 21 heavy (non-hydrogen) atoms. The van der Waals surface area contributed by atoms with Crippen LogP contribution in [0.4, 0.5) is 0 Å². The number of hydrogen-bond donors (Lipinski definition) is 1. The van der Waals surface area contributed by atoms with Gasteiger partial charge in [0.25, 0.3) is 5.91 Å². The lowest BCUT2D eigenvalue weighted by molar-refractivity contribution is 0.0949. The summed E-state index contributed by atoms with van der Waals surface area (Å²) in [4.78, 5) is 12.3. The minimum atomic E-state index is -0.0854. The number of carbonyl (C=O) groups is 1. The van der Waals surface area contributed by atoms with E-state index in [1.807, 2.05) is 49.4 Å². The Morgan fingerprint density at radius 3 is 2.57 bits per heavy atom. The molecule has 4 heteroatoms. The fourth-order valence-corrected chi connectivity index (χ4v) is 2.56. The van der Waals surface area contributed by atoms with Gasteiger partial charge in [-0.15, -0.1) is 0 Å².